The van der Waals surface area contributed by atoms with Crippen LogP contribution in [0, 0.1) is 0 Å². The van der Waals surface area contributed by atoms with Crippen LogP contribution in [0.5, 0.6) is 0 Å². The number of nitrogens with one attached hydrogen (secondary N) is 1. The molecule has 0 amide bonds. The second-order valence-corrected chi connectivity index (χ2v) is 1.96. The van der Waals surface area contributed by atoms with Crippen molar-refractivity contribution in [2.45, 2.75) is 13.1 Å². The summed E-state index contributed by atoms with van der Waals surface area (Å²) >= 11 is 0. The Balaban J connectivity index is 0.000000980. The van der Waals surface area contributed by atoms with E-state index >= 15 is 0 Å². The zero-order valence-corrected chi connectivity index (χ0v) is 6.03. The Morgan fingerprint density at radius 2 is 2.40 bits per heavy atom. The minimum absolute atomic E-state index is 0. The van der Waals surface area contributed by atoms with Gasteiger partial charge in [-0.1, -0.05) is 0 Å². The molecule has 2 heterocycles. The second-order valence-electron chi connectivity index (χ2n) is 1.96. The van der Waals surface area contributed by atoms with Crippen molar-refractivity contribution in [3.05, 3.63) is 29.5 Å². The van der Waals surface area contributed by atoms with Crippen LogP contribution in [0.25, 0.3) is 0 Å². The molecule has 10 heavy (non-hydrogen) atoms. The lowest BCUT2D eigenvalue weighted by Crippen LogP contribution is -1.99. The smallest absolute Gasteiger partial charge is 0.123 e. The largest absolute Gasteiger partial charge is 0.309 e. The van der Waals surface area contributed by atoms with Crippen LogP contribution in [0.2, 0.25) is 1.41 Å². The molecule has 0 fully saturated rings. The Morgan fingerprint density at radius 3 is 3.30 bits per heavy atom. The van der Waals surface area contributed by atoms with Crippen LogP contribution >= 0.6 is 12.4 Å². The van der Waals surface area contributed by atoms with Gasteiger partial charge in [0.1, 0.15) is 1.41 Å². The summed E-state index contributed by atoms with van der Waals surface area (Å²) in [6.07, 6.45) is -0.134. The van der Waals surface area contributed by atoms with Crippen LogP contribution in [0.4, 0.5) is 0 Å². The monoisotopic (exact) mass is 160 g/mol. The molecule has 0 saturated heterocycles. The van der Waals surface area contributed by atoms with Crippen LogP contribution in [-0.2, 0) is 13.1 Å². The summed E-state index contributed by atoms with van der Waals surface area (Å²) in [6, 6.07) is 0.0563. The fourth-order valence-corrected chi connectivity index (χ4v) is 0.879. The van der Waals surface area contributed by atoms with Gasteiger partial charge in [0, 0.05) is 25.4 Å². The molecule has 0 bridgehead atoms. The number of pyridine rings is 1. The third kappa shape index (κ3) is 1.13. The fraction of sp³-hybridized carbons (Fsp3) is 0.286. The van der Waals surface area contributed by atoms with Gasteiger partial charge in [-0.25, -0.2) is 0 Å². The van der Waals surface area contributed by atoms with E-state index in [-0.39, 0.29) is 30.8 Å². The van der Waals surface area contributed by atoms with Crippen molar-refractivity contribution in [2.75, 3.05) is 0 Å². The topological polar surface area (TPSA) is 24.9 Å². The quantitative estimate of drug-likeness (QED) is 0.615. The fourth-order valence-electron chi connectivity index (χ4n) is 0.879. The Bertz CT molecular complexity index is 371. The molecule has 1 aromatic heterocycles. The van der Waals surface area contributed by atoms with E-state index in [0.29, 0.717) is 24.2 Å². The number of fused-ring (bicyclic) bond motifs is 1. The average molecular weight is 161 g/mol. The molecule has 3 heteroatoms. The van der Waals surface area contributed by atoms with Crippen LogP contribution < -0.4 is 5.31 Å². The zero-order valence-electron chi connectivity index (χ0n) is 9.22. The number of aromatic nitrogens is 1. The Kier molecular flexibility index (Phi) is 1.11. The Hall–Kier alpha value is -0.600. The molecule has 0 saturated carbocycles. The first-order chi connectivity index (χ1) is 6.09. The van der Waals surface area contributed by atoms with Gasteiger partial charge < -0.3 is 5.31 Å². The maximum absolute atomic E-state index is 7.52. The highest BCUT2D eigenvalue weighted by Gasteiger charge is 2.06. The lowest BCUT2D eigenvalue weighted by atomic mass is 10.2. The molecule has 0 unspecified atom stereocenters. The number of hydrogen-bond donors (Lipinski definition) is 1. The summed E-state index contributed by atoms with van der Waals surface area (Å²) in [5.41, 5.74) is 1.23. The van der Waals surface area contributed by atoms with Gasteiger partial charge in [0.15, 0.2) is 0 Å². The first-order valence-electron chi connectivity index (χ1n) is 4.73. The summed E-state index contributed by atoms with van der Waals surface area (Å²) in [6.45, 7) is 0.668. The summed E-state index contributed by atoms with van der Waals surface area (Å²) in [4.78, 5) is 3.62. The first-order valence-corrected chi connectivity index (χ1v) is 2.79. The molecular formula is C7H9ClN2. The molecule has 1 aliphatic heterocycles. The van der Waals surface area contributed by atoms with E-state index in [1.165, 1.54) is 5.31 Å². The Morgan fingerprint density at radius 1 is 1.60 bits per heavy atom. The zero-order chi connectivity index (χ0) is 9.59. The van der Waals surface area contributed by atoms with E-state index in [2.05, 4.69) is 4.98 Å². The highest BCUT2D eigenvalue weighted by Crippen LogP contribution is 2.11. The number of rotatable bonds is 0. The van der Waals surface area contributed by atoms with Gasteiger partial charge in [0.2, 0.25) is 0 Å². The maximum Gasteiger partial charge on any atom is 0.123 e. The molecule has 54 valence electrons. The van der Waals surface area contributed by atoms with E-state index in [1.54, 1.807) is 0 Å². The van der Waals surface area contributed by atoms with Gasteiger partial charge in [-0.15, -0.1) is 12.4 Å². The van der Waals surface area contributed by atoms with Crippen molar-refractivity contribution >= 4 is 12.4 Å². The predicted molar refractivity (Wildman–Crippen MR) is 42.0 cm³/mol. The lowest BCUT2D eigenvalue weighted by Gasteiger charge is -1.90. The van der Waals surface area contributed by atoms with Crippen molar-refractivity contribution < 1.29 is 5.52 Å². The number of halogens is 1. The van der Waals surface area contributed by atoms with E-state index < -0.39 is 0 Å². The summed E-state index contributed by atoms with van der Waals surface area (Å²) < 4.78 is 29.6. The highest BCUT2D eigenvalue weighted by molar-refractivity contribution is 5.85. The molecule has 2 rings (SSSR count). The molecule has 2 nitrogen and oxygen atoms in total. The van der Waals surface area contributed by atoms with Gasteiger partial charge in [-0.05, 0) is 17.2 Å². The lowest BCUT2D eigenvalue weighted by molar-refractivity contribution is 0.764. The highest BCUT2D eigenvalue weighted by atomic mass is 35.5. The standard InChI is InChI=1S/C7H8N2.ClH/c1-2-8-4-7-5-9-3-6(1)7;/h1-2,4,9H,3,5H2;1H/i1D,2D,4D;/hD. The van der Waals surface area contributed by atoms with Crippen molar-refractivity contribution in [1.29, 1.82) is 0 Å². The second kappa shape index (κ2) is 2.99. The Labute approximate surface area is 71.8 Å². The van der Waals surface area contributed by atoms with Gasteiger partial charge in [0.25, 0.3) is 0 Å². The SMILES string of the molecule is Cl.[2H]c1nc([2H])c2c(c1[2H])CN([2H])C2. The summed E-state index contributed by atoms with van der Waals surface area (Å²) in [5.74, 6) is 0. The normalized spacial score (nSPS) is 21.6. The van der Waals surface area contributed by atoms with E-state index in [4.69, 9.17) is 5.52 Å². The molecule has 0 aliphatic carbocycles. The molecule has 1 aromatic rings. The minimum Gasteiger partial charge on any atom is -0.309 e. The number of nitrogens with zero attached hydrogens (tertiary/aromatic N) is 1. The average Bonchev–Trinajstić information content (AvgIpc) is 2.44. The molecule has 0 spiro atoms. The predicted octanol–water partition coefficient (Wildman–Crippen LogP) is 1.11. The van der Waals surface area contributed by atoms with Gasteiger partial charge in [0.05, 0.1) is 4.11 Å². The van der Waals surface area contributed by atoms with Crippen LogP contribution in [0.15, 0.2) is 18.4 Å². The van der Waals surface area contributed by atoms with E-state index in [0.717, 1.165) is 0 Å². The van der Waals surface area contributed by atoms with Crippen molar-refractivity contribution in [3.63, 3.8) is 0 Å². The number of hydrogen-bond acceptors (Lipinski definition) is 2. The minimum atomic E-state index is -0.168. The van der Waals surface area contributed by atoms with Crippen molar-refractivity contribution in [3.8, 4) is 0 Å². The van der Waals surface area contributed by atoms with Crippen LogP contribution in [0.1, 0.15) is 15.2 Å². The summed E-state index contributed by atoms with van der Waals surface area (Å²) in [5, 5.41) is 1.27. The molecular weight excluding hydrogens is 148 g/mol. The maximum atomic E-state index is 7.52. The van der Waals surface area contributed by atoms with Gasteiger partial charge in [-0.3, -0.25) is 4.98 Å². The van der Waals surface area contributed by atoms with Gasteiger partial charge >= 0.3 is 0 Å². The van der Waals surface area contributed by atoms with E-state index in [9.17, 15) is 0 Å². The molecule has 0 radical (unpaired) electrons. The summed E-state index contributed by atoms with van der Waals surface area (Å²) in [7, 11) is 0. The first kappa shape index (κ1) is 3.69. The van der Waals surface area contributed by atoms with Gasteiger partial charge in [-0.2, -0.15) is 0 Å². The molecule has 0 atom stereocenters. The van der Waals surface area contributed by atoms with Crippen molar-refractivity contribution in [1.82, 2.24) is 10.3 Å². The van der Waals surface area contributed by atoms with E-state index in [1.807, 2.05) is 0 Å². The molecule has 1 aliphatic rings. The third-order valence-corrected chi connectivity index (χ3v) is 1.36. The molecule has 0 aromatic carbocycles. The van der Waals surface area contributed by atoms with Crippen LogP contribution in [0.3, 0.4) is 0 Å². The van der Waals surface area contributed by atoms with Crippen LogP contribution in [-0.4, -0.2) is 4.98 Å². The molecule has 1 N–H and O–H groups in total. The third-order valence-electron chi connectivity index (χ3n) is 1.36. The van der Waals surface area contributed by atoms with Crippen molar-refractivity contribution in [2.24, 2.45) is 0 Å².